The molecule has 0 fully saturated rings. The zero-order chi connectivity index (χ0) is 10.9. The first-order valence-corrected chi connectivity index (χ1v) is 5.06. The summed E-state index contributed by atoms with van der Waals surface area (Å²) < 4.78 is 5.88. The van der Waals surface area contributed by atoms with Gasteiger partial charge in [0.2, 0.25) is 0 Å². The first kappa shape index (κ1) is 9.86. The molecule has 2 aromatic carbocycles. The molecular formula is C14H14O. The van der Waals surface area contributed by atoms with Crippen LogP contribution in [0.1, 0.15) is 20.8 Å². The molecule has 2 aromatic rings. The normalized spacial score (nSPS) is 11.1. The lowest BCUT2D eigenvalue weighted by Gasteiger charge is -2.22. The molecule has 0 saturated heterocycles. The van der Waals surface area contributed by atoms with Crippen molar-refractivity contribution in [1.82, 2.24) is 0 Å². The molecule has 0 heterocycles. The standard InChI is InChI=1S/C14H14O/c1-14(2,3)15-13-10-6-8-11-7-4-5-9-12(11)13/h5-6,8-10H,1-3H3. The van der Waals surface area contributed by atoms with E-state index in [2.05, 4.69) is 12.1 Å². The van der Waals surface area contributed by atoms with Crippen molar-refractivity contribution in [2.45, 2.75) is 26.4 Å². The van der Waals surface area contributed by atoms with Gasteiger partial charge in [0, 0.05) is 10.8 Å². The van der Waals surface area contributed by atoms with Crippen LogP contribution in [0.5, 0.6) is 5.75 Å². The summed E-state index contributed by atoms with van der Waals surface area (Å²) in [5.41, 5.74) is -0.173. The molecule has 0 bridgehead atoms. The maximum absolute atomic E-state index is 5.88. The highest BCUT2D eigenvalue weighted by Crippen LogP contribution is 2.26. The Hall–Kier alpha value is -1.68. The van der Waals surface area contributed by atoms with E-state index in [1.807, 2.05) is 51.1 Å². The molecule has 2 rings (SSSR count). The molecule has 0 radical (unpaired) electrons. The van der Waals surface area contributed by atoms with Gasteiger partial charge in [-0.15, -0.1) is 0 Å². The van der Waals surface area contributed by atoms with Gasteiger partial charge in [0.05, 0.1) is 0 Å². The van der Waals surface area contributed by atoms with E-state index in [1.54, 1.807) is 0 Å². The second-order valence-corrected chi connectivity index (χ2v) is 4.53. The summed E-state index contributed by atoms with van der Waals surface area (Å²) in [6.07, 6.45) is 0. The van der Waals surface area contributed by atoms with Crippen LogP contribution in [0.4, 0.5) is 0 Å². The third-order valence-electron chi connectivity index (χ3n) is 2.02. The Bertz CT molecular complexity index is 461. The van der Waals surface area contributed by atoms with Gasteiger partial charge in [-0.05, 0) is 45.0 Å². The predicted octanol–water partition coefficient (Wildman–Crippen LogP) is 3.62. The molecule has 1 heteroatoms. The van der Waals surface area contributed by atoms with Gasteiger partial charge in [-0.25, -0.2) is 0 Å². The molecule has 0 aromatic heterocycles. The molecule has 15 heavy (non-hydrogen) atoms. The van der Waals surface area contributed by atoms with Gasteiger partial charge in [0.15, 0.2) is 0 Å². The van der Waals surface area contributed by atoms with Crippen LogP contribution in [-0.4, -0.2) is 5.60 Å². The Morgan fingerprint density at radius 2 is 1.93 bits per heavy atom. The van der Waals surface area contributed by atoms with Crippen molar-refractivity contribution in [3.05, 3.63) is 42.5 Å². The van der Waals surface area contributed by atoms with Crippen LogP contribution in [0.25, 0.3) is 10.8 Å². The quantitative estimate of drug-likeness (QED) is 0.680. The second kappa shape index (κ2) is 3.47. The van der Waals surface area contributed by atoms with E-state index < -0.39 is 0 Å². The number of rotatable bonds is 1. The fraction of sp³-hybridized carbons (Fsp3) is 0.286. The van der Waals surface area contributed by atoms with Crippen LogP contribution in [0, 0.1) is 12.1 Å². The summed E-state index contributed by atoms with van der Waals surface area (Å²) in [7, 11) is 0. The molecular weight excluding hydrogens is 184 g/mol. The second-order valence-electron chi connectivity index (χ2n) is 4.53. The van der Waals surface area contributed by atoms with Crippen LogP contribution < -0.4 is 4.74 Å². The zero-order valence-corrected chi connectivity index (χ0v) is 9.29. The summed E-state index contributed by atoms with van der Waals surface area (Å²) >= 11 is 0. The van der Waals surface area contributed by atoms with Gasteiger partial charge < -0.3 is 4.74 Å². The van der Waals surface area contributed by atoms with E-state index >= 15 is 0 Å². The molecule has 0 amide bonds. The Balaban J connectivity index is 2.52. The molecule has 0 aliphatic carbocycles. The smallest absolute Gasteiger partial charge is 0.128 e. The summed E-state index contributed by atoms with van der Waals surface area (Å²) in [5, 5.41) is 2.13. The molecule has 0 saturated carbocycles. The van der Waals surface area contributed by atoms with Gasteiger partial charge in [-0.1, -0.05) is 18.2 Å². The largest absolute Gasteiger partial charge is 0.487 e. The maximum Gasteiger partial charge on any atom is 0.128 e. The number of hydrogen-bond acceptors (Lipinski definition) is 1. The number of fused-ring (bicyclic) bond motifs is 1. The van der Waals surface area contributed by atoms with E-state index in [-0.39, 0.29) is 5.60 Å². The van der Waals surface area contributed by atoms with E-state index in [4.69, 9.17) is 4.74 Å². The maximum atomic E-state index is 5.88. The Morgan fingerprint density at radius 3 is 2.67 bits per heavy atom. The summed E-state index contributed by atoms with van der Waals surface area (Å²) in [6, 6.07) is 15.9. The summed E-state index contributed by atoms with van der Waals surface area (Å²) in [5.74, 6) is 0.908. The highest BCUT2D eigenvalue weighted by Gasteiger charge is 2.13. The third-order valence-corrected chi connectivity index (χ3v) is 2.02. The van der Waals surface area contributed by atoms with Crippen LogP contribution >= 0.6 is 0 Å². The highest BCUT2D eigenvalue weighted by atomic mass is 16.5. The average Bonchev–Trinajstić information content (AvgIpc) is 2.16. The zero-order valence-electron chi connectivity index (χ0n) is 9.29. The molecule has 76 valence electrons. The Labute approximate surface area is 90.7 Å². The van der Waals surface area contributed by atoms with Crippen molar-refractivity contribution < 1.29 is 4.74 Å². The van der Waals surface area contributed by atoms with Gasteiger partial charge >= 0.3 is 0 Å². The fourth-order valence-corrected chi connectivity index (χ4v) is 1.49. The molecule has 1 nitrogen and oxygen atoms in total. The van der Waals surface area contributed by atoms with Crippen LogP contribution in [0.3, 0.4) is 0 Å². The van der Waals surface area contributed by atoms with Gasteiger partial charge in [0.25, 0.3) is 0 Å². The topological polar surface area (TPSA) is 9.23 Å². The minimum atomic E-state index is -0.173. The van der Waals surface area contributed by atoms with E-state index in [1.165, 1.54) is 0 Å². The third kappa shape index (κ3) is 2.22. The first-order valence-electron chi connectivity index (χ1n) is 5.06. The van der Waals surface area contributed by atoms with Crippen molar-refractivity contribution in [2.75, 3.05) is 0 Å². The van der Waals surface area contributed by atoms with Crippen molar-refractivity contribution in [1.29, 1.82) is 0 Å². The molecule has 0 aliphatic rings. The summed E-state index contributed by atoms with van der Waals surface area (Å²) in [4.78, 5) is 0. The Morgan fingerprint density at radius 1 is 1.13 bits per heavy atom. The lowest BCUT2D eigenvalue weighted by Crippen LogP contribution is -2.23. The minimum Gasteiger partial charge on any atom is -0.487 e. The number of benzene rings is 1. The molecule has 0 aliphatic heterocycles. The van der Waals surface area contributed by atoms with E-state index in [9.17, 15) is 0 Å². The van der Waals surface area contributed by atoms with Gasteiger partial charge in [-0.3, -0.25) is 0 Å². The Kier molecular flexibility index (Phi) is 2.28. The van der Waals surface area contributed by atoms with Gasteiger partial charge in [0.1, 0.15) is 11.4 Å². The molecule has 0 spiro atoms. The van der Waals surface area contributed by atoms with Gasteiger partial charge in [-0.2, -0.15) is 0 Å². The van der Waals surface area contributed by atoms with Crippen molar-refractivity contribution in [3.63, 3.8) is 0 Å². The van der Waals surface area contributed by atoms with Crippen molar-refractivity contribution in [3.8, 4) is 5.75 Å². The highest BCUT2D eigenvalue weighted by molar-refractivity contribution is 5.86. The monoisotopic (exact) mass is 198 g/mol. The summed E-state index contributed by atoms with van der Waals surface area (Å²) in [6.45, 7) is 6.14. The van der Waals surface area contributed by atoms with E-state index in [0.717, 1.165) is 16.5 Å². The lowest BCUT2D eigenvalue weighted by molar-refractivity contribution is 0.133. The minimum absolute atomic E-state index is 0.173. The number of hydrogen-bond donors (Lipinski definition) is 0. The predicted molar refractivity (Wildman–Crippen MR) is 62.0 cm³/mol. The lowest BCUT2D eigenvalue weighted by atomic mass is 10.1. The molecule has 0 N–H and O–H groups in total. The van der Waals surface area contributed by atoms with Crippen molar-refractivity contribution >= 4 is 10.8 Å². The van der Waals surface area contributed by atoms with Crippen LogP contribution in [-0.2, 0) is 0 Å². The van der Waals surface area contributed by atoms with Crippen molar-refractivity contribution in [2.24, 2.45) is 0 Å². The molecule has 0 unspecified atom stereocenters. The van der Waals surface area contributed by atoms with Crippen LogP contribution in [0.15, 0.2) is 30.3 Å². The molecule has 0 atom stereocenters. The fourth-order valence-electron chi connectivity index (χ4n) is 1.49. The average molecular weight is 198 g/mol. The van der Waals surface area contributed by atoms with E-state index in [0.29, 0.717) is 0 Å². The number of ether oxygens (including phenoxy) is 1. The first-order chi connectivity index (χ1) is 7.06. The SMILES string of the molecule is CC(C)(C)Oc1cccc2c#cccc12. The van der Waals surface area contributed by atoms with Crippen LogP contribution in [0.2, 0.25) is 0 Å².